The number of nitrogens with one attached hydrogen (secondary N) is 1. The first-order valence-electron chi connectivity index (χ1n) is 7.40. The van der Waals surface area contributed by atoms with E-state index in [9.17, 15) is 4.79 Å². The number of benzene rings is 1. The molecule has 0 aliphatic carbocycles. The van der Waals surface area contributed by atoms with E-state index in [4.69, 9.17) is 16.1 Å². The molecule has 0 radical (unpaired) electrons. The normalized spacial score (nSPS) is 10.8. The molecule has 0 fully saturated rings. The largest absolute Gasteiger partial charge is 0.350 e. The van der Waals surface area contributed by atoms with Crippen molar-refractivity contribution in [3.63, 3.8) is 0 Å². The Labute approximate surface area is 143 Å². The molecular formula is C16H16ClN5O2. The predicted molar refractivity (Wildman–Crippen MR) is 88.7 cm³/mol. The number of carbonyl (C=O) groups excluding carboxylic acids is 1. The van der Waals surface area contributed by atoms with Crippen LogP contribution in [-0.4, -0.2) is 32.4 Å². The Hall–Kier alpha value is -2.67. The summed E-state index contributed by atoms with van der Waals surface area (Å²) in [5.74, 6) is 0.736. The molecule has 1 amide bonds. The van der Waals surface area contributed by atoms with Crippen LogP contribution in [0.1, 0.15) is 22.1 Å². The quantitative estimate of drug-likeness (QED) is 0.767. The highest BCUT2D eigenvalue weighted by Crippen LogP contribution is 2.19. The third kappa shape index (κ3) is 3.62. The summed E-state index contributed by atoms with van der Waals surface area (Å²) in [5.41, 5.74) is 2.09. The molecule has 2 heterocycles. The van der Waals surface area contributed by atoms with E-state index in [1.807, 2.05) is 19.1 Å². The van der Waals surface area contributed by atoms with Crippen LogP contribution in [0.15, 0.2) is 34.9 Å². The number of nitrogens with zero attached hydrogens (tertiary/aromatic N) is 4. The monoisotopic (exact) mass is 345 g/mol. The molecule has 1 aromatic carbocycles. The topological polar surface area (TPSA) is 85.8 Å². The van der Waals surface area contributed by atoms with Crippen LogP contribution in [-0.2, 0) is 13.5 Å². The van der Waals surface area contributed by atoms with E-state index < -0.39 is 0 Å². The Morgan fingerprint density at radius 2 is 2.21 bits per heavy atom. The highest BCUT2D eigenvalue weighted by molar-refractivity contribution is 6.30. The van der Waals surface area contributed by atoms with E-state index >= 15 is 0 Å². The Balaban J connectivity index is 1.58. The second kappa shape index (κ2) is 6.84. The van der Waals surface area contributed by atoms with Gasteiger partial charge < -0.3 is 9.84 Å². The minimum atomic E-state index is -0.187. The lowest BCUT2D eigenvalue weighted by atomic mass is 10.2. The predicted octanol–water partition coefficient (Wildman–Crippen LogP) is 2.40. The van der Waals surface area contributed by atoms with Gasteiger partial charge in [0.15, 0.2) is 0 Å². The molecule has 3 aromatic rings. The Morgan fingerprint density at radius 1 is 1.38 bits per heavy atom. The van der Waals surface area contributed by atoms with Crippen molar-refractivity contribution in [2.75, 3.05) is 6.54 Å². The minimum Gasteiger partial charge on any atom is -0.350 e. The van der Waals surface area contributed by atoms with Crippen LogP contribution < -0.4 is 5.32 Å². The van der Waals surface area contributed by atoms with Crippen LogP contribution in [0.3, 0.4) is 0 Å². The lowest BCUT2D eigenvalue weighted by Crippen LogP contribution is -2.27. The van der Waals surface area contributed by atoms with Gasteiger partial charge in [0.2, 0.25) is 11.7 Å². The maximum absolute atomic E-state index is 12.1. The van der Waals surface area contributed by atoms with Crippen molar-refractivity contribution in [3.8, 4) is 11.4 Å². The summed E-state index contributed by atoms with van der Waals surface area (Å²) in [6.07, 6.45) is 0.441. The molecule has 0 aliphatic heterocycles. The fourth-order valence-electron chi connectivity index (χ4n) is 2.30. The molecule has 0 saturated carbocycles. The summed E-state index contributed by atoms with van der Waals surface area (Å²) in [5, 5.41) is 11.5. The third-order valence-corrected chi connectivity index (χ3v) is 3.65. The van der Waals surface area contributed by atoms with Crippen LogP contribution in [0, 0.1) is 6.92 Å². The van der Waals surface area contributed by atoms with E-state index in [1.54, 1.807) is 29.9 Å². The first-order valence-corrected chi connectivity index (χ1v) is 7.78. The minimum absolute atomic E-state index is 0.187. The van der Waals surface area contributed by atoms with E-state index in [2.05, 4.69) is 20.6 Å². The van der Waals surface area contributed by atoms with Gasteiger partial charge in [-0.25, -0.2) is 0 Å². The number of aryl methyl sites for hydroxylation is 2. The summed E-state index contributed by atoms with van der Waals surface area (Å²) >= 11 is 5.95. The first-order chi connectivity index (χ1) is 11.5. The number of hydrogen-bond donors (Lipinski definition) is 1. The van der Waals surface area contributed by atoms with Crippen LogP contribution in [0.2, 0.25) is 5.02 Å². The van der Waals surface area contributed by atoms with Gasteiger partial charge in [-0.15, -0.1) is 0 Å². The summed E-state index contributed by atoms with van der Waals surface area (Å²) in [6.45, 7) is 2.23. The molecule has 7 nitrogen and oxygen atoms in total. The summed E-state index contributed by atoms with van der Waals surface area (Å²) in [6, 6.07) is 8.96. The van der Waals surface area contributed by atoms with E-state index in [0.717, 1.165) is 11.3 Å². The molecule has 1 N–H and O–H groups in total. The molecule has 0 bridgehead atoms. The summed E-state index contributed by atoms with van der Waals surface area (Å²) < 4.78 is 6.75. The molecule has 8 heteroatoms. The van der Waals surface area contributed by atoms with Gasteiger partial charge in [0.25, 0.3) is 5.91 Å². The van der Waals surface area contributed by atoms with Gasteiger partial charge >= 0.3 is 0 Å². The van der Waals surface area contributed by atoms with Gasteiger partial charge in [-0.2, -0.15) is 10.1 Å². The molecule has 0 spiro atoms. The number of carbonyl (C=O) groups is 1. The van der Waals surface area contributed by atoms with Crippen LogP contribution >= 0.6 is 11.6 Å². The number of hydrogen-bond acceptors (Lipinski definition) is 5. The average molecular weight is 346 g/mol. The van der Waals surface area contributed by atoms with Crippen molar-refractivity contribution >= 4 is 17.5 Å². The smallest absolute Gasteiger partial charge is 0.269 e. The van der Waals surface area contributed by atoms with Crippen molar-refractivity contribution in [1.82, 2.24) is 25.2 Å². The lowest BCUT2D eigenvalue weighted by molar-refractivity contribution is 0.0944. The van der Waals surface area contributed by atoms with Gasteiger partial charge in [-0.05, 0) is 25.1 Å². The molecule has 0 unspecified atom stereocenters. The Bertz CT molecular complexity index is 871. The van der Waals surface area contributed by atoms with Crippen molar-refractivity contribution < 1.29 is 9.32 Å². The first kappa shape index (κ1) is 16.2. The maximum Gasteiger partial charge on any atom is 0.269 e. The molecule has 0 atom stereocenters. The molecule has 24 heavy (non-hydrogen) atoms. The SMILES string of the molecule is Cc1cc(C(=O)NCCc2nc(-c3cccc(Cl)c3)no2)n(C)n1. The van der Waals surface area contributed by atoms with Crippen LogP contribution in [0.4, 0.5) is 0 Å². The van der Waals surface area contributed by atoms with Crippen LogP contribution in [0.25, 0.3) is 11.4 Å². The molecule has 0 saturated heterocycles. The highest BCUT2D eigenvalue weighted by atomic mass is 35.5. The van der Waals surface area contributed by atoms with Gasteiger partial charge in [0, 0.05) is 30.6 Å². The van der Waals surface area contributed by atoms with Crippen molar-refractivity contribution in [2.45, 2.75) is 13.3 Å². The Morgan fingerprint density at radius 3 is 2.92 bits per heavy atom. The molecule has 124 valence electrons. The summed E-state index contributed by atoms with van der Waals surface area (Å²) in [7, 11) is 1.73. The number of amides is 1. The summed E-state index contributed by atoms with van der Waals surface area (Å²) in [4.78, 5) is 16.4. The standard InChI is InChI=1S/C16H16ClN5O2/c1-10-8-13(22(2)20-10)16(23)18-7-6-14-19-15(21-24-14)11-4-3-5-12(17)9-11/h3-5,8-9H,6-7H2,1-2H3,(H,18,23). The average Bonchev–Trinajstić information content (AvgIpc) is 3.13. The number of halogens is 1. The molecule has 0 aliphatic rings. The van der Waals surface area contributed by atoms with E-state index in [-0.39, 0.29) is 5.91 Å². The molecule has 3 rings (SSSR count). The molecule has 2 aromatic heterocycles. The van der Waals surface area contributed by atoms with Crippen molar-refractivity contribution in [3.05, 3.63) is 52.6 Å². The zero-order valence-electron chi connectivity index (χ0n) is 13.3. The van der Waals surface area contributed by atoms with Gasteiger partial charge in [0.05, 0.1) is 5.69 Å². The Kier molecular flexibility index (Phi) is 4.61. The van der Waals surface area contributed by atoms with Crippen molar-refractivity contribution in [2.24, 2.45) is 7.05 Å². The zero-order chi connectivity index (χ0) is 17.1. The fourth-order valence-corrected chi connectivity index (χ4v) is 2.49. The van der Waals surface area contributed by atoms with E-state index in [1.165, 1.54) is 0 Å². The van der Waals surface area contributed by atoms with Gasteiger partial charge in [-0.1, -0.05) is 28.9 Å². The molecular weight excluding hydrogens is 330 g/mol. The zero-order valence-corrected chi connectivity index (χ0v) is 14.0. The van der Waals surface area contributed by atoms with Gasteiger partial charge in [0.1, 0.15) is 5.69 Å². The maximum atomic E-state index is 12.1. The number of rotatable bonds is 5. The third-order valence-electron chi connectivity index (χ3n) is 3.41. The second-order valence-electron chi connectivity index (χ2n) is 5.32. The lowest BCUT2D eigenvalue weighted by Gasteiger charge is -2.03. The van der Waals surface area contributed by atoms with Gasteiger partial charge in [-0.3, -0.25) is 9.48 Å². The highest BCUT2D eigenvalue weighted by Gasteiger charge is 2.13. The van der Waals surface area contributed by atoms with Crippen molar-refractivity contribution in [1.29, 1.82) is 0 Å². The number of aromatic nitrogens is 4. The van der Waals surface area contributed by atoms with E-state index in [0.29, 0.717) is 35.4 Å². The second-order valence-corrected chi connectivity index (χ2v) is 5.76. The van der Waals surface area contributed by atoms with Crippen LogP contribution in [0.5, 0.6) is 0 Å². The fraction of sp³-hybridized carbons (Fsp3) is 0.250.